The van der Waals surface area contributed by atoms with E-state index in [0.29, 0.717) is 23.1 Å². The molecule has 12 heteroatoms. The number of methoxy groups -OCH3 is 1. The third kappa shape index (κ3) is 5.13. The molecule has 1 unspecified atom stereocenters. The molecule has 0 radical (unpaired) electrons. The number of phenolic OH excluding ortho intramolecular Hbond substituents is 1. The van der Waals surface area contributed by atoms with E-state index in [2.05, 4.69) is 0 Å². The Morgan fingerprint density at radius 3 is 2.33 bits per heavy atom. The molecule has 0 aromatic heterocycles. The summed E-state index contributed by atoms with van der Waals surface area (Å²) < 4.78 is 46.0. The smallest absolute Gasteiger partial charge is 0.347 e. The first-order valence-electron chi connectivity index (χ1n) is 11.9. The number of sulfonamides is 1. The molecule has 1 aliphatic rings. The number of fused-ring (bicyclic) bond motifs is 2. The fraction of sp³-hybridized carbons (Fsp3) is 0.259. The van der Waals surface area contributed by atoms with Crippen molar-refractivity contribution in [3.05, 3.63) is 69.8 Å². The van der Waals surface area contributed by atoms with Gasteiger partial charge in [-0.25, -0.2) is 23.1 Å². The molecule has 3 aromatic carbocycles. The fourth-order valence-electron chi connectivity index (χ4n) is 4.29. The Balaban J connectivity index is 1.94. The van der Waals surface area contributed by atoms with Crippen molar-refractivity contribution in [3.8, 4) is 28.7 Å². The highest BCUT2D eigenvalue weighted by Gasteiger charge is 2.36. The van der Waals surface area contributed by atoms with Crippen molar-refractivity contribution < 1.29 is 42.1 Å². The van der Waals surface area contributed by atoms with Crippen LogP contribution in [0.15, 0.2) is 41.3 Å². The molecule has 0 aliphatic carbocycles. The van der Waals surface area contributed by atoms with E-state index >= 15 is 0 Å². The summed E-state index contributed by atoms with van der Waals surface area (Å²) in [6.07, 6.45) is 0.575. The van der Waals surface area contributed by atoms with E-state index in [0.717, 1.165) is 0 Å². The van der Waals surface area contributed by atoms with Crippen molar-refractivity contribution in [2.24, 2.45) is 10.9 Å². The van der Waals surface area contributed by atoms with Crippen LogP contribution in [0, 0.1) is 13.8 Å². The van der Waals surface area contributed by atoms with Crippen molar-refractivity contribution in [1.29, 1.82) is 0 Å². The molecule has 5 N–H and O–H groups in total. The highest BCUT2D eigenvalue weighted by Crippen LogP contribution is 2.50. The van der Waals surface area contributed by atoms with Crippen LogP contribution in [-0.2, 0) is 14.8 Å². The van der Waals surface area contributed by atoms with E-state index in [9.17, 15) is 23.1 Å². The molecule has 4 rings (SSSR count). The Bertz CT molecular complexity index is 1580. The van der Waals surface area contributed by atoms with Crippen LogP contribution in [-0.4, -0.2) is 39.2 Å². The molecular weight excluding hydrogens is 528 g/mol. The van der Waals surface area contributed by atoms with Gasteiger partial charge in [0.1, 0.15) is 22.6 Å². The molecule has 206 valence electrons. The predicted molar refractivity (Wildman–Crippen MR) is 140 cm³/mol. The summed E-state index contributed by atoms with van der Waals surface area (Å²) >= 11 is 0. The maximum atomic E-state index is 13.4. The largest absolute Gasteiger partial charge is 0.507 e. The lowest BCUT2D eigenvalue weighted by Gasteiger charge is -2.21. The average Bonchev–Trinajstić information content (AvgIpc) is 3.03. The van der Waals surface area contributed by atoms with Crippen molar-refractivity contribution in [1.82, 2.24) is 0 Å². The maximum Gasteiger partial charge on any atom is 0.347 e. The first-order valence-corrected chi connectivity index (χ1v) is 13.5. The van der Waals surface area contributed by atoms with Gasteiger partial charge in [0.15, 0.2) is 17.2 Å². The molecule has 3 aromatic rings. The zero-order valence-corrected chi connectivity index (χ0v) is 22.5. The number of aromatic hydroxyl groups is 1. The zero-order valence-electron chi connectivity index (χ0n) is 21.7. The second-order valence-electron chi connectivity index (χ2n) is 8.96. The summed E-state index contributed by atoms with van der Waals surface area (Å²) in [6, 6.07) is 7.09. The molecule has 0 fully saturated rings. The van der Waals surface area contributed by atoms with Gasteiger partial charge in [0.05, 0.1) is 30.2 Å². The number of hydrogen-bond acceptors (Lipinski definition) is 10. The number of ether oxygens (including phenoxy) is 4. The number of aryl methyl sites for hydroxylation is 1. The Morgan fingerprint density at radius 2 is 1.74 bits per heavy atom. The van der Waals surface area contributed by atoms with E-state index in [1.165, 1.54) is 43.5 Å². The third-order valence-corrected chi connectivity index (χ3v) is 7.22. The molecule has 11 nitrogen and oxygen atoms in total. The number of rotatable bonds is 7. The average molecular weight is 557 g/mol. The van der Waals surface area contributed by atoms with Crippen LogP contribution in [0.1, 0.15) is 62.4 Å². The normalized spacial score (nSPS) is 13.3. The topological polar surface area (TPSA) is 177 Å². The molecule has 0 bridgehead atoms. The Labute approximate surface area is 225 Å². The van der Waals surface area contributed by atoms with Gasteiger partial charge in [-0.2, -0.15) is 0 Å². The Morgan fingerprint density at radius 1 is 1.08 bits per heavy atom. The molecular formula is C27H28N2O9S. The lowest BCUT2D eigenvalue weighted by molar-refractivity contribution is 0.0500. The highest BCUT2D eigenvalue weighted by atomic mass is 32.2. The maximum absolute atomic E-state index is 13.4. The minimum absolute atomic E-state index is 0.0122. The van der Waals surface area contributed by atoms with Crippen molar-refractivity contribution in [3.63, 3.8) is 0 Å². The molecule has 0 saturated heterocycles. The van der Waals surface area contributed by atoms with Gasteiger partial charge in [0, 0.05) is 5.56 Å². The van der Waals surface area contributed by atoms with E-state index in [4.69, 9.17) is 29.8 Å². The number of esters is 2. The summed E-state index contributed by atoms with van der Waals surface area (Å²) in [5, 5.41) is 16.2. The molecule has 1 heterocycles. The van der Waals surface area contributed by atoms with Crippen molar-refractivity contribution in [2.45, 2.75) is 38.1 Å². The Hall–Kier alpha value is -4.13. The number of carbonyl (C=O) groups is 2. The van der Waals surface area contributed by atoms with Crippen LogP contribution >= 0.6 is 0 Å². The van der Waals surface area contributed by atoms with Gasteiger partial charge >= 0.3 is 11.9 Å². The van der Waals surface area contributed by atoms with Crippen LogP contribution in [0.2, 0.25) is 0 Å². The lowest BCUT2D eigenvalue weighted by Crippen LogP contribution is -2.17. The van der Waals surface area contributed by atoms with Gasteiger partial charge in [-0.15, -0.1) is 0 Å². The predicted octanol–water partition coefficient (Wildman–Crippen LogP) is 3.60. The van der Waals surface area contributed by atoms with Crippen LogP contribution < -0.4 is 25.1 Å². The van der Waals surface area contributed by atoms with Gasteiger partial charge < -0.3 is 29.8 Å². The number of primary sulfonamides is 1. The minimum Gasteiger partial charge on any atom is -0.507 e. The first kappa shape index (κ1) is 27.9. The standard InChI is InChI=1S/C27H28N2O9S/c1-5-10-36-26(31)17-12-19(35-4)14(3)23-24(17)37-25-20(27(32)38-23)13(2)11-18(30)21(25)22(28)15-6-8-16(9-7-15)39(29,33)34/h6-9,11-12,22,30H,5,10,28H2,1-4H3,(H2,29,33,34). The molecule has 1 atom stereocenters. The first-order chi connectivity index (χ1) is 18.4. The molecule has 39 heavy (non-hydrogen) atoms. The second kappa shape index (κ2) is 10.6. The number of carbonyl (C=O) groups excluding carboxylic acids is 2. The molecule has 0 spiro atoms. The van der Waals surface area contributed by atoms with Gasteiger partial charge in [-0.05, 0) is 55.7 Å². The van der Waals surface area contributed by atoms with E-state index < -0.39 is 28.0 Å². The molecule has 1 aliphatic heterocycles. The fourth-order valence-corrected chi connectivity index (χ4v) is 4.81. The molecule has 0 saturated carbocycles. The van der Waals surface area contributed by atoms with Gasteiger partial charge in [-0.3, -0.25) is 0 Å². The summed E-state index contributed by atoms with van der Waals surface area (Å²) in [4.78, 5) is 26.3. The van der Waals surface area contributed by atoms with Crippen molar-refractivity contribution >= 4 is 22.0 Å². The van der Waals surface area contributed by atoms with Crippen molar-refractivity contribution in [2.75, 3.05) is 13.7 Å². The number of phenols is 1. The summed E-state index contributed by atoms with van der Waals surface area (Å²) in [7, 11) is -2.54. The van der Waals surface area contributed by atoms with Crippen LogP contribution in [0.4, 0.5) is 0 Å². The lowest BCUT2D eigenvalue weighted by atomic mass is 9.93. The monoisotopic (exact) mass is 556 g/mol. The van der Waals surface area contributed by atoms with Crippen LogP contribution in [0.3, 0.4) is 0 Å². The van der Waals surface area contributed by atoms with Crippen LogP contribution in [0.25, 0.3) is 0 Å². The van der Waals surface area contributed by atoms with Crippen LogP contribution in [0.5, 0.6) is 28.7 Å². The number of benzene rings is 3. The number of hydrogen-bond donors (Lipinski definition) is 3. The summed E-state index contributed by atoms with van der Waals surface area (Å²) in [5.74, 6) is -1.82. The third-order valence-electron chi connectivity index (χ3n) is 6.29. The van der Waals surface area contributed by atoms with E-state index in [1.54, 1.807) is 13.8 Å². The van der Waals surface area contributed by atoms with Gasteiger partial charge in [0.2, 0.25) is 10.0 Å². The highest BCUT2D eigenvalue weighted by molar-refractivity contribution is 7.89. The number of nitrogens with two attached hydrogens (primary N) is 2. The SMILES string of the molecule is CCCOC(=O)c1cc(OC)c(C)c2c1Oc1c(c(C)cc(O)c1C(N)c1ccc(S(N)(=O)=O)cc1)C(=O)O2. The summed E-state index contributed by atoms with van der Waals surface area (Å²) in [5.41, 5.74) is 7.59. The second-order valence-corrected chi connectivity index (χ2v) is 10.5. The van der Waals surface area contributed by atoms with Gasteiger partial charge in [0.25, 0.3) is 0 Å². The molecule has 0 amide bonds. The van der Waals surface area contributed by atoms with E-state index in [1.807, 2.05) is 6.92 Å². The quantitative estimate of drug-likeness (QED) is 0.288. The minimum atomic E-state index is -3.94. The van der Waals surface area contributed by atoms with E-state index in [-0.39, 0.29) is 56.9 Å². The van der Waals surface area contributed by atoms with Gasteiger partial charge in [-0.1, -0.05) is 19.1 Å². The summed E-state index contributed by atoms with van der Waals surface area (Å²) in [6.45, 7) is 5.20. The Kier molecular flexibility index (Phi) is 7.55. The zero-order chi connectivity index (χ0) is 28.6.